The van der Waals surface area contributed by atoms with Crippen LogP contribution in [0.15, 0.2) is 48.8 Å². The molecule has 188 valence electrons. The van der Waals surface area contributed by atoms with Crippen LogP contribution in [0.4, 0.5) is 26.0 Å². The van der Waals surface area contributed by atoms with Gasteiger partial charge in [-0.3, -0.25) is 14.6 Å². The van der Waals surface area contributed by atoms with Crippen molar-refractivity contribution in [3.05, 3.63) is 77.2 Å². The van der Waals surface area contributed by atoms with Crippen LogP contribution in [-0.4, -0.2) is 60.0 Å². The largest absolute Gasteiger partial charge is 0.399 e. The second-order valence-corrected chi connectivity index (χ2v) is 9.33. The number of rotatable bonds is 6. The van der Waals surface area contributed by atoms with Crippen LogP contribution in [0, 0.1) is 11.6 Å². The van der Waals surface area contributed by atoms with E-state index in [2.05, 4.69) is 14.9 Å². The molecule has 1 saturated heterocycles. The molecule has 2 aromatic carbocycles. The molecule has 9 heteroatoms. The summed E-state index contributed by atoms with van der Waals surface area (Å²) in [6.45, 7) is 3.79. The number of hydrogen-bond acceptors (Lipinski definition) is 6. The van der Waals surface area contributed by atoms with E-state index in [-0.39, 0.29) is 5.91 Å². The first-order valence-corrected chi connectivity index (χ1v) is 12.4. The van der Waals surface area contributed by atoms with Gasteiger partial charge in [0, 0.05) is 67.8 Å². The fraction of sp³-hybridized carbons (Fsp3) is 0.370. The molecule has 0 unspecified atom stereocenters. The Hall–Kier alpha value is -3.59. The molecule has 1 aromatic heterocycles. The third-order valence-corrected chi connectivity index (χ3v) is 7.02. The summed E-state index contributed by atoms with van der Waals surface area (Å²) < 4.78 is 27.5. The number of benzene rings is 2. The average Bonchev–Trinajstić information content (AvgIpc) is 2.90. The van der Waals surface area contributed by atoms with Gasteiger partial charge in [0.1, 0.15) is 23.8 Å². The molecule has 1 amide bonds. The Labute approximate surface area is 209 Å². The van der Waals surface area contributed by atoms with E-state index in [4.69, 9.17) is 5.73 Å². The summed E-state index contributed by atoms with van der Waals surface area (Å²) in [6.07, 6.45) is 5.46. The van der Waals surface area contributed by atoms with Gasteiger partial charge in [-0.2, -0.15) is 0 Å². The summed E-state index contributed by atoms with van der Waals surface area (Å²) in [5.74, 6) is -0.549. The lowest BCUT2D eigenvalue weighted by atomic mass is 9.96. The quantitative estimate of drug-likeness (QED) is 0.529. The van der Waals surface area contributed by atoms with E-state index in [0.717, 1.165) is 43.0 Å². The fourth-order valence-corrected chi connectivity index (χ4v) is 5.01. The lowest BCUT2D eigenvalue weighted by molar-refractivity contribution is 0.0982. The summed E-state index contributed by atoms with van der Waals surface area (Å²) in [5, 5.41) is 0. The smallest absolute Gasteiger partial charge is 0.259 e. The van der Waals surface area contributed by atoms with E-state index in [9.17, 15) is 13.6 Å². The molecule has 0 bridgehead atoms. The first kappa shape index (κ1) is 24.1. The van der Waals surface area contributed by atoms with Gasteiger partial charge < -0.3 is 10.6 Å². The molecule has 3 aromatic rings. The van der Waals surface area contributed by atoms with E-state index < -0.39 is 11.6 Å². The predicted octanol–water partition coefficient (Wildman–Crippen LogP) is 3.68. The summed E-state index contributed by atoms with van der Waals surface area (Å²) in [6, 6.07) is 10.6. The average molecular weight is 493 g/mol. The molecular formula is C27H30F2N6O. The van der Waals surface area contributed by atoms with Crippen LogP contribution >= 0.6 is 0 Å². The third kappa shape index (κ3) is 5.16. The van der Waals surface area contributed by atoms with Gasteiger partial charge in [0.15, 0.2) is 0 Å². The second-order valence-electron chi connectivity index (χ2n) is 9.33. The van der Waals surface area contributed by atoms with Crippen LogP contribution in [0.25, 0.3) is 0 Å². The topological polar surface area (TPSA) is 78.6 Å². The summed E-state index contributed by atoms with van der Waals surface area (Å²) >= 11 is 0. The number of anilines is 3. The van der Waals surface area contributed by atoms with Gasteiger partial charge in [-0.1, -0.05) is 0 Å². The molecule has 1 aliphatic heterocycles. The molecule has 0 saturated carbocycles. The van der Waals surface area contributed by atoms with E-state index in [0.29, 0.717) is 62.0 Å². The van der Waals surface area contributed by atoms with Crippen LogP contribution in [-0.2, 0) is 12.8 Å². The maximum Gasteiger partial charge on any atom is 0.259 e. The van der Waals surface area contributed by atoms with Crippen LogP contribution in [0.3, 0.4) is 0 Å². The highest BCUT2D eigenvalue weighted by atomic mass is 19.1. The van der Waals surface area contributed by atoms with Crippen molar-refractivity contribution in [3.8, 4) is 0 Å². The number of nitrogen functional groups attached to an aromatic ring is 1. The SMILES string of the molecule is Nc1ccc(C(=O)N(CCN2CCN(c3ccc(F)cc3F)CC2)c2ncnc3c2CCCC3)cc1. The molecule has 0 spiro atoms. The fourth-order valence-electron chi connectivity index (χ4n) is 5.01. The van der Waals surface area contributed by atoms with Crippen molar-refractivity contribution < 1.29 is 13.6 Å². The molecule has 1 aliphatic carbocycles. The standard InChI is InChI=1S/C27H30F2N6O/c28-20-7-10-25(23(29)17-20)34-14-11-33(12-15-34)13-16-35(27(36)19-5-8-21(30)9-6-19)26-22-3-1-2-4-24(22)31-18-32-26/h5-10,17-18H,1-4,11-16,30H2. The molecule has 2 aliphatic rings. The summed E-state index contributed by atoms with van der Waals surface area (Å²) in [7, 11) is 0. The first-order valence-electron chi connectivity index (χ1n) is 12.4. The Morgan fingerprint density at radius 1 is 0.972 bits per heavy atom. The number of nitrogens with two attached hydrogens (primary N) is 1. The normalized spacial score (nSPS) is 16.0. The van der Waals surface area contributed by atoms with Gasteiger partial charge in [0.25, 0.3) is 5.91 Å². The number of hydrogen-bond donors (Lipinski definition) is 1. The number of nitrogens with zero attached hydrogens (tertiary/aromatic N) is 5. The minimum atomic E-state index is -0.576. The Morgan fingerprint density at radius 2 is 1.72 bits per heavy atom. The molecular weight excluding hydrogens is 462 g/mol. The highest BCUT2D eigenvalue weighted by molar-refractivity contribution is 6.06. The molecule has 36 heavy (non-hydrogen) atoms. The molecule has 2 N–H and O–H groups in total. The number of aromatic nitrogens is 2. The van der Waals surface area contributed by atoms with Crippen molar-refractivity contribution in [1.29, 1.82) is 0 Å². The number of carbonyl (C=O) groups excluding carboxylic acids is 1. The lowest BCUT2D eigenvalue weighted by Gasteiger charge is -2.37. The van der Waals surface area contributed by atoms with E-state index in [1.807, 2.05) is 4.90 Å². The van der Waals surface area contributed by atoms with Gasteiger partial charge in [-0.05, 0) is 62.1 Å². The molecule has 0 radical (unpaired) electrons. The molecule has 7 nitrogen and oxygen atoms in total. The highest BCUT2D eigenvalue weighted by Gasteiger charge is 2.27. The number of aryl methyl sites for hydroxylation is 1. The monoisotopic (exact) mass is 492 g/mol. The molecule has 0 atom stereocenters. The Morgan fingerprint density at radius 3 is 2.47 bits per heavy atom. The van der Waals surface area contributed by atoms with Crippen LogP contribution in [0.1, 0.15) is 34.5 Å². The highest BCUT2D eigenvalue weighted by Crippen LogP contribution is 2.28. The number of amides is 1. The molecule has 1 fully saturated rings. The second kappa shape index (κ2) is 10.6. The summed E-state index contributed by atoms with van der Waals surface area (Å²) in [4.78, 5) is 28.6. The van der Waals surface area contributed by atoms with E-state index in [1.54, 1.807) is 35.5 Å². The van der Waals surface area contributed by atoms with Crippen LogP contribution in [0.5, 0.6) is 0 Å². The van der Waals surface area contributed by atoms with Crippen LogP contribution < -0.4 is 15.5 Å². The van der Waals surface area contributed by atoms with Crippen LogP contribution in [0.2, 0.25) is 0 Å². The zero-order valence-electron chi connectivity index (χ0n) is 20.2. The molecule has 2 heterocycles. The predicted molar refractivity (Wildman–Crippen MR) is 136 cm³/mol. The Balaban J connectivity index is 1.31. The zero-order valence-corrected chi connectivity index (χ0v) is 20.2. The zero-order chi connectivity index (χ0) is 25.1. The minimum Gasteiger partial charge on any atom is -0.399 e. The number of carbonyl (C=O) groups is 1. The van der Waals surface area contributed by atoms with Gasteiger partial charge in [0.05, 0.1) is 5.69 Å². The molecule has 5 rings (SSSR count). The first-order chi connectivity index (χ1) is 17.5. The lowest BCUT2D eigenvalue weighted by Crippen LogP contribution is -2.49. The summed E-state index contributed by atoms with van der Waals surface area (Å²) in [5.41, 5.74) is 9.50. The van der Waals surface area contributed by atoms with Crippen molar-refractivity contribution in [3.63, 3.8) is 0 Å². The van der Waals surface area contributed by atoms with Crippen molar-refractivity contribution in [2.75, 3.05) is 54.8 Å². The minimum absolute atomic E-state index is 0.117. The maximum absolute atomic E-state index is 14.2. The van der Waals surface area contributed by atoms with Gasteiger partial charge >= 0.3 is 0 Å². The van der Waals surface area contributed by atoms with Gasteiger partial charge in [-0.25, -0.2) is 18.7 Å². The van der Waals surface area contributed by atoms with Crippen molar-refractivity contribution in [2.24, 2.45) is 0 Å². The van der Waals surface area contributed by atoms with Gasteiger partial charge in [0.2, 0.25) is 0 Å². The Bertz CT molecular complexity index is 1230. The third-order valence-electron chi connectivity index (χ3n) is 7.02. The number of piperazine rings is 1. The Kier molecular flexibility index (Phi) is 7.09. The van der Waals surface area contributed by atoms with Gasteiger partial charge in [-0.15, -0.1) is 0 Å². The van der Waals surface area contributed by atoms with Crippen molar-refractivity contribution in [2.45, 2.75) is 25.7 Å². The van der Waals surface area contributed by atoms with E-state index in [1.165, 1.54) is 12.1 Å². The number of fused-ring (bicyclic) bond motifs is 1. The number of halogens is 2. The van der Waals surface area contributed by atoms with E-state index >= 15 is 0 Å². The maximum atomic E-state index is 14.2. The van der Waals surface area contributed by atoms with Crippen molar-refractivity contribution >= 4 is 23.1 Å². The van der Waals surface area contributed by atoms with Crippen molar-refractivity contribution in [1.82, 2.24) is 14.9 Å².